The Morgan fingerprint density at radius 3 is 2.51 bits per heavy atom. The molecule has 1 N–H and O–H groups in total. The largest absolute Gasteiger partial charge is 0.465 e. The second kappa shape index (κ2) is 15.6. The lowest BCUT2D eigenvalue weighted by molar-refractivity contribution is -0.150. The van der Waals surface area contributed by atoms with Crippen molar-refractivity contribution in [3.05, 3.63) is 101 Å². The van der Waals surface area contributed by atoms with E-state index in [4.69, 9.17) is 4.42 Å². The van der Waals surface area contributed by atoms with Gasteiger partial charge in [-0.15, -0.1) is 0 Å². The van der Waals surface area contributed by atoms with E-state index in [2.05, 4.69) is 27.8 Å². The summed E-state index contributed by atoms with van der Waals surface area (Å²) in [5, 5.41) is 3.35. The van der Waals surface area contributed by atoms with Crippen LogP contribution in [0.4, 0.5) is 0 Å². The van der Waals surface area contributed by atoms with E-state index in [1.807, 2.05) is 87.4 Å². The van der Waals surface area contributed by atoms with E-state index in [0.29, 0.717) is 17.0 Å². The minimum absolute atomic E-state index is 0.0809. The van der Waals surface area contributed by atoms with E-state index < -0.39 is 5.54 Å². The van der Waals surface area contributed by atoms with Gasteiger partial charge in [-0.3, -0.25) is 9.59 Å². The molecule has 6 nitrogen and oxygen atoms in total. The van der Waals surface area contributed by atoms with Crippen LogP contribution in [0.1, 0.15) is 70.6 Å². The number of rotatable bonds is 8. The maximum atomic E-state index is 14.5. The summed E-state index contributed by atoms with van der Waals surface area (Å²) in [5.74, 6) is 0.142. The lowest BCUT2D eigenvalue weighted by Gasteiger charge is -2.50. The number of amides is 2. The Morgan fingerprint density at radius 1 is 1.15 bits per heavy atom. The summed E-state index contributed by atoms with van der Waals surface area (Å²) in [6.07, 6.45) is 17.3. The summed E-state index contributed by atoms with van der Waals surface area (Å²) in [4.78, 5) is 32.4. The van der Waals surface area contributed by atoms with Gasteiger partial charge < -0.3 is 19.5 Å². The van der Waals surface area contributed by atoms with Crippen LogP contribution in [0.3, 0.4) is 0 Å². The molecule has 0 bridgehead atoms. The number of nitrogens with one attached hydrogen (secondary N) is 1. The third kappa shape index (κ3) is 7.91. The minimum Gasteiger partial charge on any atom is -0.465 e. The van der Waals surface area contributed by atoms with Crippen molar-refractivity contribution in [2.24, 2.45) is 0 Å². The Balaban J connectivity index is 0.00000226. The van der Waals surface area contributed by atoms with Crippen molar-refractivity contribution in [1.29, 1.82) is 0 Å². The minimum atomic E-state index is -1.31. The molecule has 1 saturated carbocycles. The lowest BCUT2D eigenvalue weighted by Crippen LogP contribution is -2.70. The van der Waals surface area contributed by atoms with Gasteiger partial charge in [0, 0.05) is 30.2 Å². The molecule has 41 heavy (non-hydrogen) atoms. The monoisotopic (exact) mass is 621 g/mol. The number of carbonyl (C=O) groups excluding carboxylic acids is 2. The molecule has 7 heteroatoms. The van der Waals surface area contributed by atoms with Crippen molar-refractivity contribution < 1.29 is 14.0 Å². The normalized spacial score (nSPS) is 21.2. The standard InChI is InChI=1S/C32H38BrN3O3.C2H6/c1-4-5-8-13-24(2)32(31(38)34-27-16-9-6-7-10-17-27)23-35(3)29(21-28-18-12-19-39-28)30(37)36(32)22-25-14-11-15-26(33)20-25;1-2/h4-5,8,11-15,18-21,27H,2,6-7,9-10,16-17,22-23H2,1,3H3,(H,34,38);1-2H3/b5-4-,13-8-,29-21-;. The highest BCUT2D eigenvalue weighted by molar-refractivity contribution is 9.10. The highest BCUT2D eigenvalue weighted by Gasteiger charge is 2.53. The summed E-state index contributed by atoms with van der Waals surface area (Å²) >= 11 is 3.55. The Morgan fingerprint density at radius 2 is 1.88 bits per heavy atom. The summed E-state index contributed by atoms with van der Waals surface area (Å²) < 4.78 is 6.44. The van der Waals surface area contributed by atoms with E-state index in [0.717, 1.165) is 35.7 Å². The van der Waals surface area contributed by atoms with Gasteiger partial charge in [0.25, 0.3) is 11.8 Å². The molecule has 220 valence electrons. The first-order chi connectivity index (χ1) is 19.8. The maximum absolute atomic E-state index is 14.5. The van der Waals surface area contributed by atoms with E-state index in [1.54, 1.807) is 23.3 Å². The molecule has 1 aromatic heterocycles. The van der Waals surface area contributed by atoms with Crippen LogP contribution >= 0.6 is 15.9 Å². The molecule has 2 fully saturated rings. The number of benzene rings is 1. The van der Waals surface area contributed by atoms with Crippen molar-refractivity contribution in [3.63, 3.8) is 0 Å². The summed E-state index contributed by atoms with van der Waals surface area (Å²) in [6.45, 7) is 10.8. The Kier molecular flexibility index (Phi) is 12.3. The Bertz CT molecular complexity index is 1260. The molecule has 1 unspecified atom stereocenters. The topological polar surface area (TPSA) is 65.8 Å². The molecule has 1 atom stereocenters. The number of nitrogens with zero attached hydrogens (tertiary/aromatic N) is 2. The van der Waals surface area contributed by atoms with Gasteiger partial charge in [-0.25, -0.2) is 0 Å². The number of halogens is 1. The van der Waals surface area contributed by atoms with Crippen LogP contribution in [0.2, 0.25) is 0 Å². The molecule has 2 aliphatic rings. The van der Waals surface area contributed by atoms with Gasteiger partial charge in [0.15, 0.2) is 5.54 Å². The first-order valence-corrected chi connectivity index (χ1v) is 15.5. The summed E-state index contributed by atoms with van der Waals surface area (Å²) in [7, 11) is 1.85. The van der Waals surface area contributed by atoms with E-state index >= 15 is 0 Å². The van der Waals surface area contributed by atoms with Crippen molar-refractivity contribution in [1.82, 2.24) is 15.1 Å². The fourth-order valence-electron chi connectivity index (χ4n) is 5.46. The van der Waals surface area contributed by atoms with Gasteiger partial charge in [-0.1, -0.05) is 98.5 Å². The van der Waals surface area contributed by atoms with E-state index in [-0.39, 0.29) is 30.9 Å². The number of likely N-dealkylation sites (N-methyl/N-ethyl adjacent to an activating group) is 1. The van der Waals surface area contributed by atoms with Gasteiger partial charge in [-0.2, -0.15) is 0 Å². The zero-order valence-electron chi connectivity index (χ0n) is 24.9. The summed E-state index contributed by atoms with van der Waals surface area (Å²) in [6, 6.07) is 11.5. The number of allylic oxidation sites excluding steroid dienone is 3. The molecule has 1 aliphatic carbocycles. The lowest BCUT2D eigenvalue weighted by atomic mass is 9.82. The fraction of sp³-hybridized carbons (Fsp3) is 0.412. The van der Waals surface area contributed by atoms with Gasteiger partial charge >= 0.3 is 0 Å². The molecule has 1 aliphatic heterocycles. The molecule has 1 aromatic carbocycles. The third-order valence-electron chi connectivity index (χ3n) is 7.55. The van der Waals surface area contributed by atoms with Gasteiger partial charge in [0.05, 0.1) is 12.8 Å². The van der Waals surface area contributed by atoms with Crippen LogP contribution in [-0.2, 0) is 16.1 Å². The quantitative estimate of drug-likeness (QED) is 0.187. The number of hydrogen-bond donors (Lipinski definition) is 1. The predicted molar refractivity (Wildman–Crippen MR) is 171 cm³/mol. The first-order valence-electron chi connectivity index (χ1n) is 14.7. The second-order valence-electron chi connectivity index (χ2n) is 10.4. The molecule has 0 radical (unpaired) electrons. The maximum Gasteiger partial charge on any atom is 0.271 e. The van der Waals surface area contributed by atoms with Crippen LogP contribution in [0.5, 0.6) is 0 Å². The fourth-order valence-corrected chi connectivity index (χ4v) is 5.90. The smallest absolute Gasteiger partial charge is 0.271 e. The zero-order chi connectivity index (χ0) is 29.8. The first kappa shape index (κ1) is 32.2. The summed E-state index contributed by atoms with van der Waals surface area (Å²) in [5.41, 5.74) is 0.637. The van der Waals surface area contributed by atoms with Crippen molar-refractivity contribution >= 4 is 33.8 Å². The molecular formula is C34H44BrN3O3. The molecule has 0 spiro atoms. The van der Waals surface area contributed by atoms with Crippen LogP contribution in [-0.4, -0.2) is 46.8 Å². The van der Waals surface area contributed by atoms with Crippen LogP contribution in [0.15, 0.2) is 93.7 Å². The van der Waals surface area contributed by atoms with Gasteiger partial charge in [0.1, 0.15) is 11.5 Å². The van der Waals surface area contributed by atoms with Gasteiger partial charge in [0.2, 0.25) is 0 Å². The number of piperazine rings is 1. The average Bonchev–Trinajstić information content (AvgIpc) is 3.35. The number of carbonyl (C=O) groups is 2. The van der Waals surface area contributed by atoms with Gasteiger partial charge in [-0.05, 0) is 55.2 Å². The predicted octanol–water partition coefficient (Wildman–Crippen LogP) is 7.65. The molecule has 2 aromatic rings. The Hall–Kier alpha value is -3.32. The number of hydrogen-bond acceptors (Lipinski definition) is 4. The third-order valence-corrected chi connectivity index (χ3v) is 8.05. The van der Waals surface area contributed by atoms with Crippen LogP contribution in [0.25, 0.3) is 6.08 Å². The van der Waals surface area contributed by atoms with Crippen LogP contribution < -0.4 is 5.32 Å². The molecular weight excluding hydrogens is 578 g/mol. The van der Waals surface area contributed by atoms with E-state index in [9.17, 15) is 9.59 Å². The SMILES string of the molecule is C=C(/C=C\C=C/C)C1(C(=O)NC2CCCCCC2)CN(C)/C(=C\c2ccco2)C(=O)N1Cc1cccc(Br)c1.CC. The van der Waals surface area contributed by atoms with Crippen LogP contribution in [0, 0.1) is 0 Å². The van der Waals surface area contributed by atoms with Crippen molar-refractivity contribution in [2.75, 3.05) is 13.6 Å². The molecule has 4 rings (SSSR count). The molecule has 2 amide bonds. The second-order valence-corrected chi connectivity index (χ2v) is 11.3. The average molecular weight is 623 g/mol. The molecule has 1 saturated heterocycles. The highest BCUT2D eigenvalue weighted by atomic mass is 79.9. The van der Waals surface area contributed by atoms with E-state index in [1.165, 1.54) is 12.8 Å². The van der Waals surface area contributed by atoms with Crippen molar-refractivity contribution in [3.8, 4) is 0 Å². The zero-order valence-corrected chi connectivity index (χ0v) is 26.5. The number of furan rings is 1. The van der Waals surface area contributed by atoms with Crippen molar-refractivity contribution in [2.45, 2.75) is 77.4 Å². The Labute approximate surface area is 254 Å². The highest BCUT2D eigenvalue weighted by Crippen LogP contribution is 2.37. The molecule has 2 heterocycles.